The Labute approximate surface area is 87.6 Å². The average molecular weight is 191 g/mol. The Kier molecular flexibility index (Phi) is 2.98. The summed E-state index contributed by atoms with van der Waals surface area (Å²) in [7, 11) is 0. The van der Waals surface area contributed by atoms with Crippen molar-refractivity contribution in [1.29, 1.82) is 0 Å². The molecule has 1 rings (SSSR count). The third-order valence-electron chi connectivity index (χ3n) is 2.49. The maximum Gasteiger partial charge on any atom is 0.0468 e. The topological polar surface area (TPSA) is 12.9 Å². The zero-order chi connectivity index (χ0) is 10.9. The van der Waals surface area contributed by atoms with E-state index in [-0.39, 0.29) is 5.41 Å². The highest BCUT2D eigenvalue weighted by molar-refractivity contribution is 5.36. The van der Waals surface area contributed by atoms with Gasteiger partial charge >= 0.3 is 0 Å². The molecule has 0 saturated heterocycles. The minimum atomic E-state index is 0.192. The van der Waals surface area contributed by atoms with Crippen LogP contribution in [0.1, 0.15) is 57.4 Å². The average Bonchev–Trinajstić information content (AvgIpc) is 2.01. The van der Waals surface area contributed by atoms with Crippen LogP contribution in [0.15, 0.2) is 12.3 Å². The third kappa shape index (κ3) is 2.14. The fourth-order valence-electron chi connectivity index (χ4n) is 1.99. The quantitative estimate of drug-likeness (QED) is 0.657. The second-order valence-electron chi connectivity index (χ2n) is 5.29. The van der Waals surface area contributed by atoms with Crippen molar-refractivity contribution in [3.8, 4) is 0 Å². The lowest BCUT2D eigenvalue weighted by Crippen LogP contribution is -2.18. The van der Waals surface area contributed by atoms with Gasteiger partial charge in [0.1, 0.15) is 0 Å². The second-order valence-corrected chi connectivity index (χ2v) is 5.29. The molecule has 0 unspecified atom stereocenters. The molecular formula is C13H21N. The van der Waals surface area contributed by atoms with Crippen LogP contribution < -0.4 is 0 Å². The zero-order valence-corrected chi connectivity index (χ0v) is 10.2. The minimum Gasteiger partial charge on any atom is -0.261 e. The lowest BCUT2D eigenvalue weighted by atomic mass is 9.81. The van der Waals surface area contributed by atoms with Crippen molar-refractivity contribution in [2.75, 3.05) is 0 Å². The summed E-state index contributed by atoms with van der Waals surface area (Å²) in [4.78, 5) is 4.51. The monoisotopic (exact) mass is 191 g/mol. The van der Waals surface area contributed by atoms with Crippen LogP contribution in [0.4, 0.5) is 0 Å². The molecule has 0 aliphatic heterocycles. The summed E-state index contributed by atoms with van der Waals surface area (Å²) in [5.74, 6) is 0.504. The van der Waals surface area contributed by atoms with Gasteiger partial charge in [-0.1, -0.05) is 34.6 Å². The molecule has 1 heterocycles. The molecule has 0 amide bonds. The van der Waals surface area contributed by atoms with Crippen LogP contribution in [-0.4, -0.2) is 4.98 Å². The van der Waals surface area contributed by atoms with Gasteiger partial charge in [-0.2, -0.15) is 0 Å². The van der Waals surface area contributed by atoms with Crippen molar-refractivity contribution >= 4 is 0 Å². The summed E-state index contributed by atoms with van der Waals surface area (Å²) < 4.78 is 0. The lowest BCUT2D eigenvalue weighted by Gasteiger charge is -2.25. The van der Waals surface area contributed by atoms with Gasteiger partial charge in [0, 0.05) is 11.9 Å². The third-order valence-corrected chi connectivity index (χ3v) is 2.49. The van der Waals surface area contributed by atoms with E-state index in [0.29, 0.717) is 5.92 Å². The van der Waals surface area contributed by atoms with E-state index in [9.17, 15) is 0 Å². The van der Waals surface area contributed by atoms with Gasteiger partial charge in [0.15, 0.2) is 0 Å². The van der Waals surface area contributed by atoms with Crippen molar-refractivity contribution in [1.82, 2.24) is 4.98 Å². The van der Waals surface area contributed by atoms with E-state index in [4.69, 9.17) is 0 Å². The highest BCUT2D eigenvalue weighted by Gasteiger charge is 2.22. The Balaban J connectivity index is 3.38. The lowest BCUT2D eigenvalue weighted by molar-refractivity contribution is 0.566. The van der Waals surface area contributed by atoms with E-state index in [2.05, 4.69) is 52.6 Å². The van der Waals surface area contributed by atoms with Gasteiger partial charge in [-0.3, -0.25) is 4.98 Å². The number of hydrogen-bond donors (Lipinski definition) is 0. The SMILES string of the molecule is Cc1ccnc(C(C)C)c1C(C)(C)C. The van der Waals surface area contributed by atoms with E-state index in [1.54, 1.807) is 0 Å². The smallest absolute Gasteiger partial charge is 0.0468 e. The summed E-state index contributed by atoms with van der Waals surface area (Å²) >= 11 is 0. The summed E-state index contributed by atoms with van der Waals surface area (Å²) in [6, 6.07) is 2.10. The molecule has 0 aliphatic rings. The van der Waals surface area contributed by atoms with Gasteiger partial charge in [0.05, 0.1) is 0 Å². The van der Waals surface area contributed by atoms with Gasteiger partial charge < -0.3 is 0 Å². The van der Waals surface area contributed by atoms with Gasteiger partial charge in [-0.15, -0.1) is 0 Å². The Morgan fingerprint density at radius 1 is 1.21 bits per heavy atom. The van der Waals surface area contributed by atoms with Gasteiger partial charge in [-0.25, -0.2) is 0 Å². The van der Waals surface area contributed by atoms with Crippen molar-refractivity contribution in [2.24, 2.45) is 0 Å². The number of aromatic nitrogens is 1. The Morgan fingerprint density at radius 3 is 2.14 bits per heavy atom. The molecule has 0 bridgehead atoms. The maximum absolute atomic E-state index is 4.51. The first-order chi connectivity index (χ1) is 6.34. The summed E-state index contributed by atoms with van der Waals surface area (Å²) in [6.45, 7) is 13.3. The molecule has 0 saturated carbocycles. The standard InChI is InChI=1S/C13H21N/c1-9(2)12-11(13(4,5)6)10(3)7-8-14-12/h7-9H,1-6H3. The number of nitrogens with zero attached hydrogens (tertiary/aromatic N) is 1. The van der Waals surface area contributed by atoms with Crippen LogP contribution in [0.2, 0.25) is 0 Å². The zero-order valence-electron chi connectivity index (χ0n) is 10.2. The van der Waals surface area contributed by atoms with E-state index in [1.165, 1.54) is 16.8 Å². The molecule has 1 aromatic rings. The first kappa shape index (κ1) is 11.2. The van der Waals surface area contributed by atoms with Crippen LogP contribution in [0, 0.1) is 6.92 Å². The molecular weight excluding hydrogens is 170 g/mol. The first-order valence-electron chi connectivity index (χ1n) is 5.30. The van der Waals surface area contributed by atoms with Gasteiger partial charge in [0.2, 0.25) is 0 Å². The fourth-order valence-corrected chi connectivity index (χ4v) is 1.99. The molecule has 0 spiro atoms. The minimum absolute atomic E-state index is 0.192. The van der Waals surface area contributed by atoms with Crippen LogP contribution in [0.3, 0.4) is 0 Å². The van der Waals surface area contributed by atoms with Crippen LogP contribution >= 0.6 is 0 Å². The maximum atomic E-state index is 4.51. The van der Waals surface area contributed by atoms with E-state index in [1.807, 2.05) is 6.20 Å². The fraction of sp³-hybridized carbons (Fsp3) is 0.615. The predicted molar refractivity (Wildman–Crippen MR) is 61.8 cm³/mol. The van der Waals surface area contributed by atoms with E-state index < -0.39 is 0 Å². The predicted octanol–water partition coefficient (Wildman–Crippen LogP) is 3.81. The Hall–Kier alpha value is -0.850. The molecule has 0 radical (unpaired) electrons. The summed E-state index contributed by atoms with van der Waals surface area (Å²) in [5.41, 5.74) is 4.21. The molecule has 14 heavy (non-hydrogen) atoms. The highest BCUT2D eigenvalue weighted by atomic mass is 14.7. The molecule has 1 heteroatoms. The molecule has 0 N–H and O–H groups in total. The van der Waals surface area contributed by atoms with Crippen LogP contribution in [-0.2, 0) is 5.41 Å². The second kappa shape index (κ2) is 3.72. The van der Waals surface area contributed by atoms with Crippen LogP contribution in [0.25, 0.3) is 0 Å². The Morgan fingerprint density at radius 2 is 1.79 bits per heavy atom. The van der Waals surface area contributed by atoms with Crippen molar-refractivity contribution < 1.29 is 0 Å². The molecule has 1 aromatic heterocycles. The van der Waals surface area contributed by atoms with Gasteiger partial charge in [0.25, 0.3) is 0 Å². The van der Waals surface area contributed by atoms with Crippen molar-refractivity contribution in [3.63, 3.8) is 0 Å². The molecule has 0 fully saturated rings. The number of pyridine rings is 1. The molecule has 0 atom stereocenters. The molecule has 0 aliphatic carbocycles. The molecule has 0 aromatic carbocycles. The molecule has 78 valence electrons. The van der Waals surface area contributed by atoms with Crippen molar-refractivity contribution in [3.05, 3.63) is 29.1 Å². The number of hydrogen-bond acceptors (Lipinski definition) is 1. The summed E-state index contributed by atoms with van der Waals surface area (Å²) in [6.07, 6.45) is 1.92. The largest absolute Gasteiger partial charge is 0.261 e. The highest BCUT2D eigenvalue weighted by Crippen LogP contribution is 2.31. The molecule has 1 nitrogen and oxygen atoms in total. The van der Waals surface area contributed by atoms with E-state index in [0.717, 1.165) is 0 Å². The van der Waals surface area contributed by atoms with Gasteiger partial charge in [-0.05, 0) is 35.4 Å². The summed E-state index contributed by atoms with van der Waals surface area (Å²) in [5, 5.41) is 0. The van der Waals surface area contributed by atoms with Crippen molar-refractivity contribution in [2.45, 2.75) is 52.9 Å². The van der Waals surface area contributed by atoms with E-state index >= 15 is 0 Å². The Bertz CT molecular complexity index is 318. The number of aryl methyl sites for hydroxylation is 1. The first-order valence-corrected chi connectivity index (χ1v) is 5.30. The number of rotatable bonds is 1. The normalized spacial score (nSPS) is 12.2. The van der Waals surface area contributed by atoms with Crippen LogP contribution in [0.5, 0.6) is 0 Å².